The number of hydrogen-bond acceptors (Lipinski definition) is 10. The molecule has 11 heteroatoms. The van der Waals surface area contributed by atoms with Gasteiger partial charge in [0, 0.05) is 0 Å². The van der Waals surface area contributed by atoms with Crippen LogP contribution in [-0.4, -0.2) is 110 Å². The quantitative estimate of drug-likeness (QED) is 0.0217. The predicted molar refractivity (Wildman–Crippen MR) is 252 cm³/mol. The van der Waals surface area contributed by atoms with Crippen LogP contribution >= 0.6 is 0 Å². The molecule has 0 bridgehead atoms. The number of allylic oxidation sites excluding steroid dienone is 6. The number of nitrogens with one attached hydrogen (secondary N) is 1. The first-order chi connectivity index (χ1) is 30.2. The lowest BCUT2D eigenvalue weighted by atomic mass is 9.98. The van der Waals surface area contributed by atoms with Crippen LogP contribution in [0.1, 0.15) is 213 Å². The minimum Gasteiger partial charge on any atom is -0.394 e. The zero-order valence-corrected chi connectivity index (χ0v) is 39.4. The molecule has 9 unspecified atom stereocenters. The van der Waals surface area contributed by atoms with Crippen molar-refractivity contribution in [3.8, 4) is 0 Å². The van der Waals surface area contributed by atoms with E-state index in [1.54, 1.807) is 0 Å². The molecule has 0 aliphatic carbocycles. The highest BCUT2D eigenvalue weighted by molar-refractivity contribution is 5.80. The summed E-state index contributed by atoms with van der Waals surface area (Å²) in [6.07, 6.45) is 36.2. The fourth-order valence-corrected chi connectivity index (χ4v) is 7.92. The largest absolute Gasteiger partial charge is 0.394 e. The van der Waals surface area contributed by atoms with Crippen molar-refractivity contribution < 1.29 is 50.0 Å². The second kappa shape index (κ2) is 40.8. The van der Waals surface area contributed by atoms with Gasteiger partial charge in [-0.3, -0.25) is 4.79 Å². The molecule has 9 atom stereocenters. The third-order valence-corrected chi connectivity index (χ3v) is 12.1. The van der Waals surface area contributed by atoms with Crippen molar-refractivity contribution in [1.82, 2.24) is 5.32 Å². The van der Waals surface area contributed by atoms with E-state index in [1.165, 1.54) is 109 Å². The Labute approximate surface area is 377 Å². The van der Waals surface area contributed by atoms with Crippen molar-refractivity contribution in [3.05, 3.63) is 36.5 Å². The lowest BCUT2D eigenvalue weighted by Gasteiger charge is -2.40. The summed E-state index contributed by atoms with van der Waals surface area (Å²) in [4.78, 5) is 13.1. The van der Waals surface area contributed by atoms with Crippen LogP contribution in [0, 0.1) is 0 Å². The lowest BCUT2D eigenvalue weighted by molar-refractivity contribution is -0.303. The van der Waals surface area contributed by atoms with Gasteiger partial charge in [-0.25, -0.2) is 0 Å². The first kappa shape index (κ1) is 58.3. The number of rotatable bonds is 42. The van der Waals surface area contributed by atoms with E-state index < -0.39 is 74.2 Å². The number of ether oxygens (including phenoxy) is 2. The molecule has 1 amide bonds. The minimum absolute atomic E-state index is 0.243. The highest BCUT2D eigenvalue weighted by Crippen LogP contribution is 2.23. The lowest BCUT2D eigenvalue weighted by Crippen LogP contribution is -2.60. The Morgan fingerprint density at radius 3 is 1.44 bits per heavy atom. The van der Waals surface area contributed by atoms with Crippen molar-refractivity contribution >= 4 is 5.91 Å². The van der Waals surface area contributed by atoms with Gasteiger partial charge in [-0.2, -0.15) is 0 Å². The Kier molecular flexibility index (Phi) is 38.4. The summed E-state index contributed by atoms with van der Waals surface area (Å²) >= 11 is 0. The predicted octanol–water partition coefficient (Wildman–Crippen LogP) is 9.17. The number of aliphatic hydroxyl groups excluding tert-OH is 7. The number of hydrogen-bond donors (Lipinski definition) is 8. The zero-order chi connectivity index (χ0) is 45.5. The molecule has 1 aliphatic heterocycles. The van der Waals surface area contributed by atoms with Crippen molar-refractivity contribution in [2.45, 2.75) is 268 Å². The van der Waals surface area contributed by atoms with Gasteiger partial charge in [-0.15, -0.1) is 0 Å². The van der Waals surface area contributed by atoms with Crippen LogP contribution in [0.15, 0.2) is 36.5 Å². The summed E-state index contributed by atoms with van der Waals surface area (Å²) in [6, 6.07) is -1.19. The second-order valence-corrected chi connectivity index (χ2v) is 17.9. The van der Waals surface area contributed by atoms with E-state index in [9.17, 15) is 40.5 Å². The Bertz CT molecular complexity index is 1100. The Morgan fingerprint density at radius 2 is 0.968 bits per heavy atom. The third-order valence-electron chi connectivity index (χ3n) is 12.1. The molecule has 0 aromatic heterocycles. The first-order valence-electron chi connectivity index (χ1n) is 25.4. The molecule has 0 aromatic rings. The Balaban J connectivity index is 2.45. The highest BCUT2D eigenvalue weighted by atomic mass is 16.7. The molecule has 62 heavy (non-hydrogen) atoms. The van der Waals surface area contributed by atoms with E-state index in [1.807, 2.05) is 0 Å². The number of aliphatic hydroxyl groups is 7. The van der Waals surface area contributed by atoms with Crippen LogP contribution in [0.2, 0.25) is 0 Å². The molecule has 1 saturated heterocycles. The van der Waals surface area contributed by atoms with Crippen molar-refractivity contribution in [2.75, 3.05) is 13.2 Å². The van der Waals surface area contributed by atoms with Crippen LogP contribution < -0.4 is 5.32 Å². The van der Waals surface area contributed by atoms with Gasteiger partial charge < -0.3 is 50.5 Å². The van der Waals surface area contributed by atoms with Crippen LogP contribution in [0.5, 0.6) is 0 Å². The first-order valence-corrected chi connectivity index (χ1v) is 25.4. The van der Waals surface area contributed by atoms with Gasteiger partial charge in [-0.1, -0.05) is 172 Å². The summed E-state index contributed by atoms with van der Waals surface area (Å²) in [5.41, 5.74) is 0. The number of carbonyl (C=O) groups is 1. The van der Waals surface area contributed by atoms with Crippen molar-refractivity contribution in [1.29, 1.82) is 0 Å². The second-order valence-electron chi connectivity index (χ2n) is 17.9. The van der Waals surface area contributed by atoms with Crippen LogP contribution in [0.3, 0.4) is 0 Å². The number of amides is 1. The smallest absolute Gasteiger partial charge is 0.249 e. The summed E-state index contributed by atoms with van der Waals surface area (Å²) in [5.74, 6) is -0.716. The highest BCUT2D eigenvalue weighted by Gasteiger charge is 2.44. The Morgan fingerprint density at radius 1 is 0.548 bits per heavy atom. The molecule has 8 N–H and O–H groups in total. The average molecular weight is 882 g/mol. The standard InChI is InChI=1S/C51H95NO10/c1-3-5-7-9-11-13-15-17-19-21-22-23-25-26-28-30-32-34-36-38-43(54)46(56)42(41-61-51-49(59)48(58)47(57)45(40-53)62-51)52-50(60)44(55)39-37-35-33-31-29-27-24-20-18-16-14-12-10-8-6-4-2/h18,20,23,25,30,32,42-49,51,53-59H,3-17,19,21-22,24,26-29,31,33-41H2,1-2H3,(H,52,60)/b20-18-,25-23+,32-30+. The topological polar surface area (TPSA) is 189 Å². The molecule has 1 rings (SSSR count). The van der Waals surface area contributed by atoms with E-state index in [0.29, 0.717) is 19.3 Å². The summed E-state index contributed by atoms with van der Waals surface area (Å²) in [5, 5.41) is 75.8. The fraction of sp³-hybridized carbons (Fsp3) is 0.863. The van der Waals surface area contributed by atoms with Gasteiger partial charge in [0.05, 0.1) is 25.4 Å². The summed E-state index contributed by atoms with van der Waals surface area (Å²) in [7, 11) is 0. The normalized spacial score (nSPS) is 21.6. The number of carbonyl (C=O) groups excluding carboxylic acids is 1. The summed E-state index contributed by atoms with van der Waals surface area (Å²) < 4.78 is 11.1. The van der Waals surface area contributed by atoms with Gasteiger partial charge in [-0.05, 0) is 77.0 Å². The SMILES string of the molecule is CCCCCCCC/C=C\CCCCCCCCC(O)C(=O)NC(COC1OC(CO)C(O)C(O)C1O)C(O)C(O)CCC/C=C/CC/C=C/CCCCCCCCCCCC. The maximum absolute atomic E-state index is 13.1. The van der Waals surface area contributed by atoms with E-state index in [2.05, 4.69) is 55.6 Å². The maximum atomic E-state index is 13.1. The van der Waals surface area contributed by atoms with Gasteiger partial charge >= 0.3 is 0 Å². The zero-order valence-electron chi connectivity index (χ0n) is 39.4. The molecule has 1 fully saturated rings. The molecule has 0 aromatic carbocycles. The van der Waals surface area contributed by atoms with Crippen LogP contribution in [0.25, 0.3) is 0 Å². The summed E-state index contributed by atoms with van der Waals surface area (Å²) in [6.45, 7) is 3.42. The molecule has 1 heterocycles. The van der Waals surface area contributed by atoms with E-state index in [4.69, 9.17) is 9.47 Å². The van der Waals surface area contributed by atoms with E-state index in [0.717, 1.165) is 57.8 Å². The molecule has 0 spiro atoms. The molecular weight excluding hydrogens is 787 g/mol. The molecular formula is C51H95NO10. The van der Waals surface area contributed by atoms with Gasteiger partial charge in [0.25, 0.3) is 0 Å². The monoisotopic (exact) mass is 882 g/mol. The Hall–Kier alpha value is -1.67. The van der Waals surface area contributed by atoms with Crippen molar-refractivity contribution in [3.63, 3.8) is 0 Å². The van der Waals surface area contributed by atoms with Crippen molar-refractivity contribution in [2.24, 2.45) is 0 Å². The van der Waals surface area contributed by atoms with Crippen LogP contribution in [-0.2, 0) is 14.3 Å². The average Bonchev–Trinajstić information content (AvgIpc) is 3.27. The maximum Gasteiger partial charge on any atom is 0.249 e. The van der Waals surface area contributed by atoms with Gasteiger partial charge in [0.2, 0.25) is 5.91 Å². The van der Waals surface area contributed by atoms with Crippen LogP contribution in [0.4, 0.5) is 0 Å². The molecule has 364 valence electrons. The van der Waals surface area contributed by atoms with E-state index >= 15 is 0 Å². The molecule has 11 nitrogen and oxygen atoms in total. The minimum atomic E-state index is -1.67. The fourth-order valence-electron chi connectivity index (χ4n) is 7.92. The number of unbranched alkanes of at least 4 members (excludes halogenated alkanes) is 24. The van der Waals surface area contributed by atoms with E-state index in [-0.39, 0.29) is 12.8 Å². The molecule has 0 saturated carbocycles. The van der Waals surface area contributed by atoms with Gasteiger partial charge in [0.15, 0.2) is 6.29 Å². The third kappa shape index (κ3) is 29.7. The molecule has 1 aliphatic rings. The molecule has 0 radical (unpaired) electrons. The van der Waals surface area contributed by atoms with Gasteiger partial charge in [0.1, 0.15) is 36.6 Å².